The van der Waals surface area contributed by atoms with Crippen molar-refractivity contribution in [1.29, 1.82) is 0 Å². The molecule has 1 aromatic rings. The summed E-state index contributed by atoms with van der Waals surface area (Å²) in [5.41, 5.74) is 0.989. The highest BCUT2D eigenvalue weighted by molar-refractivity contribution is 4.93. The van der Waals surface area contributed by atoms with Crippen molar-refractivity contribution in [3.63, 3.8) is 0 Å². The van der Waals surface area contributed by atoms with E-state index in [0.29, 0.717) is 0 Å². The summed E-state index contributed by atoms with van der Waals surface area (Å²) in [4.78, 5) is 8.14. The zero-order valence-electron chi connectivity index (χ0n) is 7.90. The van der Waals surface area contributed by atoms with E-state index in [1.54, 1.807) is 18.6 Å². The summed E-state index contributed by atoms with van der Waals surface area (Å²) in [7, 11) is 0. The van der Waals surface area contributed by atoms with Crippen LogP contribution >= 0.6 is 0 Å². The first-order valence-corrected chi connectivity index (χ1v) is 4.50. The third-order valence-electron chi connectivity index (χ3n) is 1.65. The van der Waals surface area contributed by atoms with Crippen molar-refractivity contribution in [3.05, 3.63) is 36.4 Å². The largest absolute Gasteiger partial charge is 0.311 e. The van der Waals surface area contributed by atoms with Crippen molar-refractivity contribution in [2.45, 2.75) is 19.9 Å². The molecule has 0 aliphatic rings. The lowest BCUT2D eigenvalue weighted by atomic mass is 10.3. The van der Waals surface area contributed by atoms with Crippen molar-refractivity contribution in [2.75, 3.05) is 6.54 Å². The summed E-state index contributed by atoms with van der Waals surface area (Å²) in [5.74, 6) is 0. The van der Waals surface area contributed by atoms with Crippen LogP contribution in [0.3, 0.4) is 0 Å². The fraction of sp³-hybridized carbons (Fsp3) is 0.400. The number of rotatable bonds is 5. The van der Waals surface area contributed by atoms with Crippen molar-refractivity contribution < 1.29 is 0 Å². The molecule has 0 bridgehead atoms. The van der Waals surface area contributed by atoms with E-state index < -0.39 is 0 Å². The molecule has 0 fully saturated rings. The molecule has 1 rings (SSSR count). The molecule has 0 atom stereocenters. The summed E-state index contributed by atoms with van der Waals surface area (Å²) >= 11 is 0. The molecule has 1 N–H and O–H groups in total. The van der Waals surface area contributed by atoms with Gasteiger partial charge in [-0.2, -0.15) is 0 Å². The topological polar surface area (TPSA) is 37.8 Å². The van der Waals surface area contributed by atoms with Crippen molar-refractivity contribution >= 4 is 0 Å². The molecule has 0 saturated carbocycles. The fourth-order valence-corrected chi connectivity index (χ4v) is 0.990. The molecule has 0 radical (unpaired) electrons. The van der Waals surface area contributed by atoms with E-state index in [9.17, 15) is 0 Å². The maximum absolute atomic E-state index is 4.15. The molecule has 3 nitrogen and oxygen atoms in total. The van der Waals surface area contributed by atoms with Crippen LogP contribution in [0.4, 0.5) is 0 Å². The number of aromatic nitrogens is 2. The maximum atomic E-state index is 4.15. The first-order valence-electron chi connectivity index (χ1n) is 4.50. The number of hydrogen-bond acceptors (Lipinski definition) is 3. The van der Waals surface area contributed by atoms with E-state index in [-0.39, 0.29) is 0 Å². The lowest BCUT2D eigenvalue weighted by Crippen LogP contribution is -2.14. The Balaban J connectivity index is 2.13. The molecule has 0 saturated heterocycles. The van der Waals surface area contributed by atoms with Crippen LogP contribution in [0.2, 0.25) is 0 Å². The highest BCUT2D eigenvalue weighted by Gasteiger charge is 1.90. The van der Waals surface area contributed by atoms with E-state index in [2.05, 4.69) is 27.4 Å². The van der Waals surface area contributed by atoms with E-state index in [4.69, 9.17) is 0 Å². The smallest absolute Gasteiger partial charge is 0.0724 e. The van der Waals surface area contributed by atoms with E-state index in [1.165, 1.54) is 0 Å². The minimum atomic E-state index is 0.797. The zero-order valence-corrected chi connectivity index (χ0v) is 7.90. The first-order chi connectivity index (χ1) is 6.43. The maximum Gasteiger partial charge on any atom is 0.0724 e. The van der Waals surface area contributed by atoms with Crippen LogP contribution in [0.1, 0.15) is 19.0 Å². The fourth-order valence-electron chi connectivity index (χ4n) is 0.990. The van der Waals surface area contributed by atoms with Gasteiger partial charge in [0.05, 0.1) is 5.69 Å². The molecule has 0 amide bonds. The molecule has 70 valence electrons. The predicted molar refractivity (Wildman–Crippen MR) is 53.2 cm³/mol. The lowest BCUT2D eigenvalue weighted by molar-refractivity contribution is 0.679. The standard InChI is InChI=1S/C10H15N3/c1-2-3-4-5-11-8-10-9-12-6-7-13-10/h2-3,6-7,9,11H,4-5,8H2,1H3/b3-2+. The molecule has 1 heterocycles. The summed E-state index contributed by atoms with van der Waals surface area (Å²) in [6.07, 6.45) is 10.4. The predicted octanol–water partition coefficient (Wildman–Crippen LogP) is 1.53. The van der Waals surface area contributed by atoms with Gasteiger partial charge in [0.2, 0.25) is 0 Å². The average Bonchev–Trinajstić information content (AvgIpc) is 2.19. The van der Waals surface area contributed by atoms with Gasteiger partial charge >= 0.3 is 0 Å². The van der Waals surface area contributed by atoms with Gasteiger partial charge < -0.3 is 5.32 Å². The third kappa shape index (κ3) is 4.38. The monoisotopic (exact) mass is 177 g/mol. The van der Waals surface area contributed by atoms with E-state index in [1.807, 2.05) is 6.92 Å². The van der Waals surface area contributed by atoms with Gasteiger partial charge in [-0.05, 0) is 19.9 Å². The van der Waals surface area contributed by atoms with Gasteiger partial charge in [-0.25, -0.2) is 0 Å². The Bertz CT molecular complexity index is 244. The van der Waals surface area contributed by atoms with Gasteiger partial charge in [-0.3, -0.25) is 9.97 Å². The highest BCUT2D eigenvalue weighted by Crippen LogP contribution is 1.88. The van der Waals surface area contributed by atoms with Crippen molar-refractivity contribution in [1.82, 2.24) is 15.3 Å². The second-order valence-corrected chi connectivity index (χ2v) is 2.73. The Labute approximate surface area is 78.9 Å². The molecule has 0 spiro atoms. The molecule has 3 heteroatoms. The minimum Gasteiger partial charge on any atom is -0.311 e. The molecule has 0 aliphatic heterocycles. The van der Waals surface area contributed by atoms with Crippen molar-refractivity contribution in [3.8, 4) is 0 Å². The van der Waals surface area contributed by atoms with Crippen LogP contribution in [0.15, 0.2) is 30.7 Å². The van der Waals surface area contributed by atoms with E-state index >= 15 is 0 Å². The minimum absolute atomic E-state index is 0.797. The second-order valence-electron chi connectivity index (χ2n) is 2.73. The van der Waals surface area contributed by atoms with Crippen LogP contribution < -0.4 is 5.32 Å². The quantitative estimate of drug-likeness (QED) is 0.547. The third-order valence-corrected chi connectivity index (χ3v) is 1.65. The molecular weight excluding hydrogens is 162 g/mol. The average molecular weight is 177 g/mol. The Morgan fingerprint density at radius 3 is 3.08 bits per heavy atom. The van der Waals surface area contributed by atoms with Crippen LogP contribution in [0, 0.1) is 0 Å². The number of hydrogen-bond donors (Lipinski definition) is 1. The van der Waals surface area contributed by atoms with Gasteiger partial charge in [0.25, 0.3) is 0 Å². The number of nitrogens with zero attached hydrogens (tertiary/aromatic N) is 2. The van der Waals surface area contributed by atoms with Gasteiger partial charge in [-0.15, -0.1) is 0 Å². The molecule has 0 aliphatic carbocycles. The lowest BCUT2D eigenvalue weighted by Gasteiger charge is -2.00. The first kappa shape index (κ1) is 9.86. The second kappa shape index (κ2) is 6.31. The van der Waals surface area contributed by atoms with Crippen LogP contribution in [-0.4, -0.2) is 16.5 Å². The Kier molecular flexibility index (Phi) is 4.79. The Hall–Kier alpha value is -1.22. The molecule has 0 unspecified atom stereocenters. The molecule has 0 aromatic carbocycles. The van der Waals surface area contributed by atoms with Gasteiger partial charge in [-0.1, -0.05) is 12.2 Å². The molecule has 1 aromatic heterocycles. The van der Waals surface area contributed by atoms with Crippen molar-refractivity contribution in [2.24, 2.45) is 0 Å². The van der Waals surface area contributed by atoms with Crippen LogP contribution in [0.5, 0.6) is 0 Å². The van der Waals surface area contributed by atoms with Gasteiger partial charge in [0.15, 0.2) is 0 Å². The molecular formula is C10H15N3. The summed E-state index contributed by atoms with van der Waals surface area (Å²) in [5, 5.41) is 3.28. The Morgan fingerprint density at radius 1 is 1.46 bits per heavy atom. The van der Waals surface area contributed by atoms with Gasteiger partial charge in [0, 0.05) is 25.1 Å². The zero-order chi connectivity index (χ0) is 9.36. The Morgan fingerprint density at radius 2 is 2.38 bits per heavy atom. The molecule has 13 heavy (non-hydrogen) atoms. The van der Waals surface area contributed by atoms with E-state index in [0.717, 1.165) is 25.2 Å². The summed E-state index contributed by atoms with van der Waals surface area (Å²) in [6.45, 7) is 3.81. The summed E-state index contributed by atoms with van der Waals surface area (Å²) in [6, 6.07) is 0. The van der Waals surface area contributed by atoms with Crippen LogP contribution in [-0.2, 0) is 6.54 Å². The highest BCUT2D eigenvalue weighted by atomic mass is 14.9. The number of nitrogens with one attached hydrogen (secondary N) is 1. The summed E-state index contributed by atoms with van der Waals surface area (Å²) < 4.78 is 0. The van der Waals surface area contributed by atoms with Gasteiger partial charge in [0.1, 0.15) is 0 Å². The van der Waals surface area contributed by atoms with Crippen LogP contribution in [0.25, 0.3) is 0 Å². The number of allylic oxidation sites excluding steroid dienone is 1. The normalized spacial score (nSPS) is 10.8. The SMILES string of the molecule is C/C=C/CCNCc1cnccn1.